The lowest BCUT2D eigenvalue weighted by Crippen LogP contribution is -2.31. The largest absolute Gasteiger partial charge is 0.380 e. The molecule has 0 fully saturated rings. The average Bonchev–Trinajstić information content (AvgIpc) is 2.32. The number of anilines is 1. The molecule has 0 heterocycles. The van der Waals surface area contributed by atoms with Crippen LogP contribution < -0.4 is 5.32 Å². The van der Waals surface area contributed by atoms with Crippen LogP contribution in [0, 0.1) is 27.7 Å². The number of nitro groups is 1. The van der Waals surface area contributed by atoms with Crippen molar-refractivity contribution in [2.75, 3.05) is 18.5 Å². The Bertz CT molecular complexity index is 481. The van der Waals surface area contributed by atoms with E-state index in [0.717, 1.165) is 6.07 Å². The average molecular weight is 288 g/mol. The Labute approximate surface area is 116 Å². The van der Waals surface area contributed by atoms with Gasteiger partial charge < -0.3 is 10.1 Å². The monoisotopic (exact) mass is 288 g/mol. The summed E-state index contributed by atoms with van der Waals surface area (Å²) < 4.78 is 32.0. The number of hydrogen-bond acceptors (Lipinski definition) is 4. The van der Waals surface area contributed by atoms with Crippen molar-refractivity contribution < 1.29 is 18.4 Å². The van der Waals surface area contributed by atoms with Crippen LogP contribution in [-0.2, 0) is 4.74 Å². The smallest absolute Gasteiger partial charge is 0.327 e. The van der Waals surface area contributed by atoms with Crippen LogP contribution in [0.4, 0.5) is 20.2 Å². The summed E-state index contributed by atoms with van der Waals surface area (Å²) in [6.45, 7) is 6.38. The van der Waals surface area contributed by atoms with Gasteiger partial charge in [0.25, 0.3) is 0 Å². The van der Waals surface area contributed by atoms with Crippen molar-refractivity contribution in [2.24, 2.45) is 5.92 Å². The molecule has 0 radical (unpaired) electrons. The Morgan fingerprint density at radius 2 is 2.05 bits per heavy atom. The van der Waals surface area contributed by atoms with Gasteiger partial charge in [-0.3, -0.25) is 10.1 Å². The van der Waals surface area contributed by atoms with Gasteiger partial charge in [-0.05, 0) is 12.8 Å². The van der Waals surface area contributed by atoms with Crippen molar-refractivity contribution in [2.45, 2.75) is 26.8 Å². The fourth-order valence-corrected chi connectivity index (χ4v) is 1.71. The third-order valence-corrected chi connectivity index (χ3v) is 2.86. The predicted molar refractivity (Wildman–Crippen MR) is 71.8 cm³/mol. The lowest BCUT2D eigenvalue weighted by atomic mass is 10.0. The molecule has 0 spiro atoms. The van der Waals surface area contributed by atoms with Crippen LogP contribution >= 0.6 is 0 Å². The number of rotatable bonds is 7. The van der Waals surface area contributed by atoms with Gasteiger partial charge in [0.2, 0.25) is 5.82 Å². The molecule has 1 aromatic rings. The molecule has 0 saturated carbocycles. The van der Waals surface area contributed by atoms with Gasteiger partial charge in [-0.15, -0.1) is 0 Å². The van der Waals surface area contributed by atoms with Gasteiger partial charge in [0.05, 0.1) is 17.6 Å². The maximum Gasteiger partial charge on any atom is 0.327 e. The first-order valence-corrected chi connectivity index (χ1v) is 6.34. The molecule has 0 bridgehead atoms. The fraction of sp³-hybridized carbons (Fsp3) is 0.538. The lowest BCUT2D eigenvalue weighted by Gasteiger charge is -2.23. The SMILES string of the molecule is CCOCC(Nc1cc(F)cc(F)c1[N+](=O)[O-])C(C)C. The van der Waals surface area contributed by atoms with E-state index in [-0.39, 0.29) is 17.6 Å². The fourth-order valence-electron chi connectivity index (χ4n) is 1.71. The zero-order chi connectivity index (χ0) is 15.3. The summed E-state index contributed by atoms with van der Waals surface area (Å²) >= 11 is 0. The van der Waals surface area contributed by atoms with Crippen LogP contribution in [0.2, 0.25) is 0 Å². The van der Waals surface area contributed by atoms with Crippen LogP contribution in [0.3, 0.4) is 0 Å². The number of halogens is 2. The van der Waals surface area contributed by atoms with Crippen molar-refractivity contribution in [3.05, 3.63) is 33.9 Å². The zero-order valence-electron chi connectivity index (χ0n) is 11.7. The molecule has 0 saturated heterocycles. The molecular formula is C13H18F2N2O3. The molecule has 0 aliphatic carbocycles. The predicted octanol–water partition coefficient (Wildman–Crippen LogP) is 3.35. The van der Waals surface area contributed by atoms with E-state index in [4.69, 9.17) is 4.74 Å². The Hall–Kier alpha value is -1.76. The topological polar surface area (TPSA) is 64.4 Å². The van der Waals surface area contributed by atoms with Gasteiger partial charge in [0.15, 0.2) is 0 Å². The maximum absolute atomic E-state index is 13.5. The molecule has 1 unspecified atom stereocenters. The van der Waals surface area contributed by atoms with Crippen molar-refractivity contribution in [1.82, 2.24) is 0 Å². The van der Waals surface area contributed by atoms with Gasteiger partial charge in [0.1, 0.15) is 11.5 Å². The Balaban J connectivity index is 3.07. The molecule has 1 rings (SSSR count). The van der Waals surface area contributed by atoms with Gasteiger partial charge in [-0.2, -0.15) is 4.39 Å². The van der Waals surface area contributed by atoms with Gasteiger partial charge >= 0.3 is 5.69 Å². The normalized spacial score (nSPS) is 12.5. The van der Waals surface area contributed by atoms with Crippen molar-refractivity contribution in [3.63, 3.8) is 0 Å². The molecule has 0 amide bonds. The summed E-state index contributed by atoms with van der Waals surface area (Å²) in [7, 11) is 0. The van der Waals surface area contributed by atoms with Crippen molar-refractivity contribution >= 4 is 11.4 Å². The van der Waals surface area contributed by atoms with Crippen LogP contribution in [-0.4, -0.2) is 24.2 Å². The maximum atomic E-state index is 13.5. The van der Waals surface area contributed by atoms with E-state index in [1.807, 2.05) is 20.8 Å². The van der Waals surface area contributed by atoms with E-state index in [1.54, 1.807) is 0 Å². The molecule has 112 valence electrons. The quantitative estimate of drug-likeness (QED) is 0.617. The van der Waals surface area contributed by atoms with E-state index in [1.165, 1.54) is 0 Å². The van der Waals surface area contributed by atoms with Crippen LogP contribution in [0.15, 0.2) is 12.1 Å². The van der Waals surface area contributed by atoms with Gasteiger partial charge in [-0.25, -0.2) is 4.39 Å². The van der Waals surface area contributed by atoms with E-state index in [9.17, 15) is 18.9 Å². The van der Waals surface area contributed by atoms with Crippen molar-refractivity contribution in [3.8, 4) is 0 Å². The molecule has 20 heavy (non-hydrogen) atoms. The molecule has 1 aromatic carbocycles. The third kappa shape index (κ3) is 4.12. The summed E-state index contributed by atoms with van der Waals surface area (Å²) in [5.74, 6) is -1.99. The third-order valence-electron chi connectivity index (χ3n) is 2.86. The van der Waals surface area contributed by atoms with E-state index in [2.05, 4.69) is 5.32 Å². The number of ether oxygens (including phenoxy) is 1. The first-order chi connectivity index (χ1) is 9.36. The zero-order valence-corrected chi connectivity index (χ0v) is 11.7. The minimum Gasteiger partial charge on any atom is -0.380 e. The Morgan fingerprint density at radius 3 is 2.55 bits per heavy atom. The number of benzene rings is 1. The van der Waals surface area contributed by atoms with Crippen LogP contribution in [0.25, 0.3) is 0 Å². The minimum absolute atomic E-state index is 0.0764. The summed E-state index contributed by atoms with van der Waals surface area (Å²) in [5.41, 5.74) is -0.931. The number of nitrogens with zero attached hydrogens (tertiary/aromatic N) is 1. The summed E-state index contributed by atoms with van der Waals surface area (Å²) in [4.78, 5) is 10.0. The molecule has 1 N–H and O–H groups in total. The highest BCUT2D eigenvalue weighted by Gasteiger charge is 2.25. The highest BCUT2D eigenvalue weighted by molar-refractivity contribution is 5.62. The van der Waals surface area contributed by atoms with Crippen molar-refractivity contribution in [1.29, 1.82) is 0 Å². The summed E-state index contributed by atoms with van der Waals surface area (Å²) in [5, 5.41) is 13.7. The number of nitrogens with one attached hydrogen (secondary N) is 1. The molecule has 7 heteroatoms. The minimum atomic E-state index is -1.20. The molecule has 0 aromatic heterocycles. The van der Waals surface area contributed by atoms with Crippen LogP contribution in [0.5, 0.6) is 0 Å². The molecule has 5 nitrogen and oxygen atoms in total. The van der Waals surface area contributed by atoms with Gasteiger partial charge in [-0.1, -0.05) is 13.8 Å². The molecule has 0 aliphatic rings. The van der Waals surface area contributed by atoms with Crippen LogP contribution in [0.1, 0.15) is 20.8 Å². The number of nitro benzene ring substituents is 1. The second-order valence-corrected chi connectivity index (χ2v) is 4.70. The van der Waals surface area contributed by atoms with E-state index >= 15 is 0 Å². The lowest BCUT2D eigenvalue weighted by molar-refractivity contribution is -0.386. The molecule has 1 atom stereocenters. The number of hydrogen-bond donors (Lipinski definition) is 1. The molecular weight excluding hydrogens is 270 g/mol. The summed E-state index contributed by atoms with van der Waals surface area (Å²) in [6.07, 6.45) is 0. The Kier molecular flexibility index (Phi) is 5.82. The summed E-state index contributed by atoms with van der Waals surface area (Å²) in [6, 6.07) is 1.13. The standard InChI is InChI=1S/C13H18F2N2O3/c1-4-20-7-12(8(2)3)16-11-6-9(14)5-10(15)13(11)17(18)19/h5-6,8,12,16H,4,7H2,1-3H3. The Morgan fingerprint density at radius 1 is 1.40 bits per heavy atom. The first-order valence-electron chi connectivity index (χ1n) is 6.34. The van der Waals surface area contributed by atoms with E-state index < -0.39 is 22.2 Å². The second kappa shape index (κ2) is 7.14. The van der Waals surface area contributed by atoms with E-state index in [0.29, 0.717) is 19.3 Å². The molecule has 0 aliphatic heterocycles. The highest BCUT2D eigenvalue weighted by Crippen LogP contribution is 2.30. The highest BCUT2D eigenvalue weighted by atomic mass is 19.1. The van der Waals surface area contributed by atoms with Gasteiger partial charge in [0, 0.05) is 18.7 Å². The first kappa shape index (κ1) is 16.3. The second-order valence-electron chi connectivity index (χ2n) is 4.70.